The molecule has 0 aliphatic carbocycles. The Morgan fingerprint density at radius 3 is 2.43 bits per heavy atom. The van der Waals surface area contributed by atoms with Gasteiger partial charge in [0.15, 0.2) is 0 Å². The van der Waals surface area contributed by atoms with E-state index in [2.05, 4.69) is 30.5 Å². The molecule has 0 saturated heterocycles. The maximum Gasteiger partial charge on any atom is 0.270 e. The molecule has 0 saturated carbocycles. The molecule has 3 aromatic rings. The van der Waals surface area contributed by atoms with Crippen LogP contribution in [-0.2, 0) is 13.1 Å². The number of nitrogens with zero attached hydrogens (tertiary/aromatic N) is 3. The fourth-order valence-corrected chi connectivity index (χ4v) is 3.38. The van der Waals surface area contributed by atoms with Gasteiger partial charge in [-0.15, -0.1) is 0 Å². The standard InChI is InChI=1S/C24H27N3O3/c1-18(2)19(3)26(24(28)21-11-7-12-22(15-21)27(29)30)17-23-13-8-14-25(23)16-20-9-5-4-6-10-20/h4-15,18-19H,16-17H2,1-3H3/t19-/m1/s1. The van der Waals surface area contributed by atoms with Gasteiger partial charge in [0.1, 0.15) is 0 Å². The average molecular weight is 405 g/mol. The lowest BCUT2D eigenvalue weighted by Crippen LogP contribution is -2.41. The van der Waals surface area contributed by atoms with E-state index in [1.165, 1.54) is 17.7 Å². The van der Waals surface area contributed by atoms with Crippen molar-refractivity contribution in [2.45, 2.75) is 39.9 Å². The third-order valence-corrected chi connectivity index (χ3v) is 5.47. The van der Waals surface area contributed by atoms with Crippen LogP contribution < -0.4 is 0 Å². The minimum Gasteiger partial charge on any atom is -0.345 e. The van der Waals surface area contributed by atoms with Gasteiger partial charge in [-0.25, -0.2) is 0 Å². The fraction of sp³-hybridized carbons (Fsp3) is 0.292. The number of carbonyl (C=O) groups excluding carboxylic acids is 1. The summed E-state index contributed by atoms with van der Waals surface area (Å²) in [4.78, 5) is 25.8. The lowest BCUT2D eigenvalue weighted by atomic mass is 10.0. The van der Waals surface area contributed by atoms with Crippen LogP contribution in [0.4, 0.5) is 5.69 Å². The van der Waals surface area contributed by atoms with Gasteiger partial charge >= 0.3 is 0 Å². The molecular weight excluding hydrogens is 378 g/mol. The van der Waals surface area contributed by atoms with Crippen LogP contribution in [0.1, 0.15) is 42.4 Å². The molecule has 156 valence electrons. The molecule has 1 heterocycles. The number of rotatable bonds is 8. The summed E-state index contributed by atoms with van der Waals surface area (Å²) in [6, 6.07) is 20.1. The van der Waals surface area contributed by atoms with Crippen molar-refractivity contribution in [3.63, 3.8) is 0 Å². The number of non-ortho nitro benzene ring substituents is 1. The predicted molar refractivity (Wildman–Crippen MR) is 117 cm³/mol. The Morgan fingerprint density at radius 1 is 1.03 bits per heavy atom. The van der Waals surface area contributed by atoms with Gasteiger partial charge in [0.2, 0.25) is 0 Å². The lowest BCUT2D eigenvalue weighted by molar-refractivity contribution is -0.384. The number of carbonyl (C=O) groups is 1. The van der Waals surface area contributed by atoms with Crippen LogP contribution in [0, 0.1) is 16.0 Å². The summed E-state index contributed by atoms with van der Waals surface area (Å²) in [7, 11) is 0. The third kappa shape index (κ3) is 4.95. The normalized spacial score (nSPS) is 12.0. The smallest absolute Gasteiger partial charge is 0.270 e. The quantitative estimate of drug-likeness (QED) is 0.385. The third-order valence-electron chi connectivity index (χ3n) is 5.47. The Kier molecular flexibility index (Phi) is 6.67. The molecular formula is C24H27N3O3. The van der Waals surface area contributed by atoms with Gasteiger partial charge in [-0.2, -0.15) is 0 Å². The van der Waals surface area contributed by atoms with Gasteiger partial charge in [0.05, 0.1) is 11.5 Å². The largest absolute Gasteiger partial charge is 0.345 e. The fourth-order valence-electron chi connectivity index (χ4n) is 3.38. The van der Waals surface area contributed by atoms with Crippen molar-refractivity contribution in [3.05, 3.63) is 99.9 Å². The van der Waals surface area contributed by atoms with Crippen LogP contribution in [0.5, 0.6) is 0 Å². The zero-order valence-electron chi connectivity index (χ0n) is 17.6. The molecule has 2 aromatic carbocycles. The molecule has 3 rings (SSSR count). The Bertz CT molecular complexity index is 1010. The Hall–Kier alpha value is -3.41. The van der Waals surface area contributed by atoms with E-state index in [1.54, 1.807) is 17.0 Å². The summed E-state index contributed by atoms with van der Waals surface area (Å²) < 4.78 is 2.14. The maximum atomic E-state index is 13.4. The second-order valence-corrected chi connectivity index (χ2v) is 7.84. The number of nitro groups is 1. The Balaban J connectivity index is 1.89. The molecule has 6 heteroatoms. The summed E-state index contributed by atoms with van der Waals surface area (Å²) >= 11 is 0. The summed E-state index contributed by atoms with van der Waals surface area (Å²) in [6.45, 7) is 7.31. The first-order valence-electron chi connectivity index (χ1n) is 10.1. The van der Waals surface area contributed by atoms with E-state index in [-0.39, 0.29) is 23.6 Å². The van der Waals surface area contributed by atoms with E-state index in [9.17, 15) is 14.9 Å². The second-order valence-electron chi connectivity index (χ2n) is 7.84. The molecule has 0 aliphatic heterocycles. The van der Waals surface area contributed by atoms with Crippen LogP contribution in [0.15, 0.2) is 72.9 Å². The van der Waals surface area contributed by atoms with Gasteiger partial charge in [-0.3, -0.25) is 14.9 Å². The van der Waals surface area contributed by atoms with Gasteiger partial charge < -0.3 is 9.47 Å². The molecule has 0 unspecified atom stereocenters. The highest BCUT2D eigenvalue weighted by atomic mass is 16.6. The number of hydrogen-bond acceptors (Lipinski definition) is 3. The van der Waals surface area contributed by atoms with Crippen LogP contribution in [0.25, 0.3) is 0 Å². The van der Waals surface area contributed by atoms with E-state index in [4.69, 9.17) is 0 Å². The van der Waals surface area contributed by atoms with E-state index < -0.39 is 4.92 Å². The van der Waals surface area contributed by atoms with E-state index in [0.717, 1.165) is 12.2 Å². The number of amides is 1. The molecule has 0 spiro atoms. The Morgan fingerprint density at radius 2 is 1.77 bits per heavy atom. The molecule has 0 N–H and O–H groups in total. The van der Waals surface area contributed by atoms with Gasteiger partial charge in [-0.1, -0.05) is 50.2 Å². The highest BCUT2D eigenvalue weighted by molar-refractivity contribution is 5.95. The monoisotopic (exact) mass is 405 g/mol. The predicted octanol–water partition coefficient (Wildman–Crippen LogP) is 5.13. The first kappa shape index (κ1) is 21.3. The van der Waals surface area contributed by atoms with Crippen molar-refractivity contribution in [3.8, 4) is 0 Å². The maximum absolute atomic E-state index is 13.4. The molecule has 0 aliphatic rings. The van der Waals surface area contributed by atoms with Crippen LogP contribution in [-0.4, -0.2) is 26.3 Å². The van der Waals surface area contributed by atoms with Crippen molar-refractivity contribution < 1.29 is 9.72 Å². The number of aromatic nitrogens is 1. The molecule has 0 fully saturated rings. The Labute approximate surface area is 176 Å². The zero-order chi connectivity index (χ0) is 21.7. The van der Waals surface area contributed by atoms with Gasteiger partial charge in [0.25, 0.3) is 11.6 Å². The molecule has 1 atom stereocenters. The first-order chi connectivity index (χ1) is 14.4. The van der Waals surface area contributed by atoms with Gasteiger partial charge in [-0.05, 0) is 36.6 Å². The minimum absolute atomic E-state index is 0.0307. The van der Waals surface area contributed by atoms with Crippen LogP contribution in [0.3, 0.4) is 0 Å². The van der Waals surface area contributed by atoms with Crippen LogP contribution >= 0.6 is 0 Å². The summed E-state index contributed by atoms with van der Waals surface area (Å²) in [6.07, 6.45) is 2.01. The minimum atomic E-state index is -0.474. The van der Waals surface area contributed by atoms with Crippen molar-refractivity contribution >= 4 is 11.6 Å². The van der Waals surface area contributed by atoms with Crippen LogP contribution in [0.2, 0.25) is 0 Å². The first-order valence-corrected chi connectivity index (χ1v) is 10.1. The van der Waals surface area contributed by atoms with Crippen molar-refractivity contribution in [2.24, 2.45) is 5.92 Å². The topological polar surface area (TPSA) is 68.4 Å². The highest BCUT2D eigenvalue weighted by Gasteiger charge is 2.26. The molecule has 30 heavy (non-hydrogen) atoms. The molecule has 6 nitrogen and oxygen atoms in total. The second kappa shape index (κ2) is 9.39. The SMILES string of the molecule is CC(C)[C@@H](C)N(Cc1cccn1Cc1ccccc1)C(=O)c1cccc([N+](=O)[O-])c1. The summed E-state index contributed by atoms with van der Waals surface area (Å²) in [5.74, 6) is 0.0394. The number of nitro benzene ring substituents is 1. The zero-order valence-corrected chi connectivity index (χ0v) is 17.6. The van der Waals surface area contributed by atoms with Gasteiger partial charge in [0, 0.05) is 42.2 Å². The molecule has 0 bridgehead atoms. The summed E-state index contributed by atoms with van der Waals surface area (Å²) in [5.41, 5.74) is 2.46. The molecule has 0 radical (unpaired) electrons. The highest BCUT2D eigenvalue weighted by Crippen LogP contribution is 2.21. The van der Waals surface area contributed by atoms with Crippen molar-refractivity contribution in [1.82, 2.24) is 9.47 Å². The molecule has 1 amide bonds. The van der Waals surface area contributed by atoms with E-state index >= 15 is 0 Å². The lowest BCUT2D eigenvalue weighted by Gasteiger charge is -2.32. The number of benzene rings is 2. The molecule has 1 aromatic heterocycles. The average Bonchev–Trinajstić information content (AvgIpc) is 3.18. The van der Waals surface area contributed by atoms with E-state index in [1.807, 2.05) is 43.5 Å². The number of hydrogen-bond donors (Lipinski definition) is 0. The summed E-state index contributed by atoms with van der Waals surface area (Å²) in [5, 5.41) is 11.1. The van der Waals surface area contributed by atoms with E-state index in [0.29, 0.717) is 12.1 Å². The van der Waals surface area contributed by atoms with Crippen molar-refractivity contribution in [1.29, 1.82) is 0 Å². The van der Waals surface area contributed by atoms with Crippen molar-refractivity contribution in [2.75, 3.05) is 0 Å².